The number of hydrogen-bond donors (Lipinski definition) is 1. The maximum atomic E-state index is 14.1. The zero-order chi connectivity index (χ0) is 21.1. The minimum absolute atomic E-state index is 0.0461. The van der Waals surface area contributed by atoms with Crippen LogP contribution in [-0.2, 0) is 0 Å². The molecule has 2 heterocycles. The number of nitro groups is 1. The normalized spacial score (nSPS) is 10.7. The second kappa shape index (κ2) is 8.69. The van der Waals surface area contributed by atoms with Crippen molar-refractivity contribution < 1.29 is 14.1 Å². The fourth-order valence-corrected chi connectivity index (χ4v) is 4.88. The first-order valence-electron chi connectivity index (χ1n) is 8.39. The van der Waals surface area contributed by atoms with E-state index in [-0.39, 0.29) is 16.4 Å². The lowest BCUT2D eigenvalue weighted by Gasteiger charge is -2.09. The lowest BCUT2D eigenvalue weighted by atomic mass is 10.2. The Kier molecular flexibility index (Phi) is 5.84. The summed E-state index contributed by atoms with van der Waals surface area (Å²) in [4.78, 5) is 24.2. The van der Waals surface area contributed by atoms with Crippen LogP contribution in [0.5, 0.6) is 0 Å². The van der Waals surface area contributed by atoms with E-state index in [1.54, 1.807) is 18.2 Å². The Balaban J connectivity index is 1.64. The summed E-state index contributed by atoms with van der Waals surface area (Å²) >= 11 is 3.72. The van der Waals surface area contributed by atoms with Crippen molar-refractivity contribution in [3.63, 3.8) is 0 Å². The first kappa shape index (κ1) is 20.1. The molecule has 1 amide bonds. The second-order valence-corrected chi connectivity index (χ2v) is 8.69. The van der Waals surface area contributed by atoms with Gasteiger partial charge in [-0.25, -0.2) is 4.39 Å². The summed E-state index contributed by atoms with van der Waals surface area (Å²) in [5.41, 5.74) is 0.697. The molecule has 0 spiro atoms. The van der Waals surface area contributed by atoms with Crippen molar-refractivity contribution in [1.82, 2.24) is 10.2 Å². The van der Waals surface area contributed by atoms with Gasteiger partial charge in [-0.1, -0.05) is 35.2 Å². The molecule has 30 heavy (non-hydrogen) atoms. The summed E-state index contributed by atoms with van der Waals surface area (Å²) in [6, 6.07) is 11.9. The minimum Gasteiger partial charge on any atom is -0.296 e. The summed E-state index contributed by atoms with van der Waals surface area (Å²) < 4.78 is 14.1. The Morgan fingerprint density at radius 3 is 2.70 bits per heavy atom. The number of nitrogens with one attached hydrogen (secondary N) is 1. The molecule has 2 aromatic carbocycles. The highest BCUT2D eigenvalue weighted by Crippen LogP contribution is 2.35. The highest BCUT2D eigenvalue weighted by atomic mass is 32.2. The van der Waals surface area contributed by atoms with Gasteiger partial charge in [0.1, 0.15) is 10.8 Å². The Labute approximate surface area is 181 Å². The van der Waals surface area contributed by atoms with Crippen LogP contribution >= 0.6 is 34.4 Å². The molecule has 2 aromatic heterocycles. The number of non-ortho nitro benzene ring substituents is 1. The zero-order valence-electron chi connectivity index (χ0n) is 14.9. The van der Waals surface area contributed by atoms with E-state index in [4.69, 9.17) is 0 Å². The highest BCUT2D eigenvalue weighted by Gasteiger charge is 2.20. The molecule has 7 nitrogen and oxygen atoms in total. The van der Waals surface area contributed by atoms with Crippen LogP contribution in [0.3, 0.4) is 0 Å². The largest absolute Gasteiger partial charge is 0.296 e. The van der Waals surface area contributed by atoms with E-state index in [1.165, 1.54) is 46.9 Å². The first-order valence-corrected chi connectivity index (χ1v) is 11.0. The van der Waals surface area contributed by atoms with Crippen LogP contribution in [-0.4, -0.2) is 21.0 Å². The lowest BCUT2D eigenvalue weighted by Crippen LogP contribution is -2.13. The van der Waals surface area contributed by atoms with Crippen LogP contribution in [0, 0.1) is 15.9 Å². The van der Waals surface area contributed by atoms with Crippen molar-refractivity contribution in [3.05, 3.63) is 80.8 Å². The van der Waals surface area contributed by atoms with Crippen LogP contribution in [0.15, 0.2) is 69.1 Å². The quantitative estimate of drug-likeness (QED) is 0.293. The highest BCUT2D eigenvalue weighted by molar-refractivity contribution is 7.99. The van der Waals surface area contributed by atoms with Crippen molar-refractivity contribution in [1.29, 1.82) is 0 Å². The fourth-order valence-electron chi connectivity index (χ4n) is 2.48. The third-order valence-electron chi connectivity index (χ3n) is 3.89. The molecule has 0 fully saturated rings. The van der Waals surface area contributed by atoms with E-state index in [9.17, 15) is 19.3 Å². The number of rotatable bonds is 6. The Bertz CT molecular complexity index is 1230. The van der Waals surface area contributed by atoms with Crippen molar-refractivity contribution in [3.8, 4) is 10.6 Å². The molecule has 0 atom stereocenters. The van der Waals surface area contributed by atoms with Crippen LogP contribution in [0.2, 0.25) is 0 Å². The van der Waals surface area contributed by atoms with Crippen molar-refractivity contribution in [2.24, 2.45) is 0 Å². The topological polar surface area (TPSA) is 98.0 Å². The summed E-state index contributed by atoms with van der Waals surface area (Å²) in [5.74, 6) is -1.04. The first-order chi connectivity index (χ1) is 14.5. The number of carbonyl (C=O) groups excluding carboxylic acids is 1. The van der Waals surface area contributed by atoms with Gasteiger partial charge < -0.3 is 0 Å². The van der Waals surface area contributed by atoms with Crippen LogP contribution < -0.4 is 5.32 Å². The maximum Gasteiger partial charge on any atom is 0.270 e. The van der Waals surface area contributed by atoms with Gasteiger partial charge in [0.05, 0.1) is 10.5 Å². The number of hydrogen-bond acceptors (Lipinski definition) is 8. The van der Waals surface area contributed by atoms with E-state index in [0.717, 1.165) is 17.3 Å². The standard InChI is InChI=1S/C19H11FN4O3S3/c20-14-3-1-2-4-16(14)29-15-6-5-12(24(26)27)9-13(15)17(25)21-19-23-22-18(30-19)11-7-8-28-10-11/h1-10H,(H,21,23,25). The molecule has 0 unspecified atom stereocenters. The Morgan fingerprint density at radius 1 is 1.13 bits per heavy atom. The molecule has 0 bridgehead atoms. The molecular formula is C19H11FN4O3S3. The lowest BCUT2D eigenvalue weighted by molar-refractivity contribution is -0.384. The smallest absolute Gasteiger partial charge is 0.270 e. The van der Waals surface area contributed by atoms with Gasteiger partial charge in [-0.2, -0.15) is 11.3 Å². The van der Waals surface area contributed by atoms with Crippen LogP contribution in [0.1, 0.15) is 10.4 Å². The monoisotopic (exact) mass is 458 g/mol. The molecule has 150 valence electrons. The summed E-state index contributed by atoms with van der Waals surface area (Å²) in [6.07, 6.45) is 0. The van der Waals surface area contributed by atoms with Gasteiger partial charge in [0.2, 0.25) is 5.13 Å². The number of aromatic nitrogens is 2. The number of halogens is 1. The van der Waals surface area contributed by atoms with Gasteiger partial charge in [0, 0.05) is 32.9 Å². The molecule has 0 saturated heterocycles. The van der Waals surface area contributed by atoms with Gasteiger partial charge in [-0.3, -0.25) is 20.2 Å². The molecule has 4 aromatic rings. The van der Waals surface area contributed by atoms with Crippen molar-refractivity contribution in [2.45, 2.75) is 9.79 Å². The number of benzene rings is 2. The third-order valence-corrected chi connectivity index (χ3v) is 6.59. The summed E-state index contributed by atoms with van der Waals surface area (Å²) in [6.45, 7) is 0. The number of thiophene rings is 1. The van der Waals surface area contributed by atoms with E-state index in [0.29, 0.717) is 14.8 Å². The van der Waals surface area contributed by atoms with E-state index in [1.807, 2.05) is 16.8 Å². The van der Waals surface area contributed by atoms with Crippen molar-refractivity contribution >= 4 is 51.2 Å². The molecule has 0 aliphatic rings. The van der Waals surface area contributed by atoms with Gasteiger partial charge in [-0.15, -0.1) is 10.2 Å². The number of nitrogens with zero attached hydrogens (tertiary/aromatic N) is 3. The molecule has 0 saturated carbocycles. The van der Waals surface area contributed by atoms with Crippen molar-refractivity contribution in [2.75, 3.05) is 5.32 Å². The Morgan fingerprint density at radius 2 is 1.97 bits per heavy atom. The van der Waals surface area contributed by atoms with Gasteiger partial charge >= 0.3 is 0 Å². The third kappa shape index (κ3) is 4.37. The summed E-state index contributed by atoms with van der Waals surface area (Å²) in [7, 11) is 0. The van der Waals surface area contributed by atoms with Crippen LogP contribution in [0.4, 0.5) is 15.2 Å². The Hall–Kier alpha value is -3.15. The van der Waals surface area contributed by atoms with E-state index < -0.39 is 16.6 Å². The number of anilines is 1. The molecule has 0 aliphatic heterocycles. The molecule has 4 rings (SSSR count). The maximum absolute atomic E-state index is 14.1. The molecule has 11 heteroatoms. The van der Waals surface area contributed by atoms with Gasteiger partial charge in [0.25, 0.3) is 11.6 Å². The number of amides is 1. The second-order valence-electron chi connectivity index (χ2n) is 5.85. The average Bonchev–Trinajstić information content (AvgIpc) is 3.41. The molecular weight excluding hydrogens is 447 g/mol. The van der Waals surface area contributed by atoms with Gasteiger partial charge in [0.15, 0.2) is 0 Å². The minimum atomic E-state index is -0.592. The molecule has 0 aliphatic carbocycles. The molecule has 0 radical (unpaired) electrons. The SMILES string of the molecule is O=C(Nc1nnc(-c2ccsc2)s1)c1cc([N+](=O)[O-])ccc1Sc1ccccc1F. The van der Waals surface area contributed by atoms with Gasteiger partial charge in [-0.05, 0) is 29.6 Å². The fraction of sp³-hybridized carbons (Fsp3) is 0. The predicted molar refractivity (Wildman–Crippen MR) is 115 cm³/mol. The average molecular weight is 459 g/mol. The molecule has 1 N–H and O–H groups in total. The van der Waals surface area contributed by atoms with Crippen LogP contribution in [0.25, 0.3) is 10.6 Å². The predicted octanol–water partition coefficient (Wildman–Crippen LogP) is 5.72. The zero-order valence-corrected chi connectivity index (χ0v) is 17.4. The summed E-state index contributed by atoms with van der Waals surface area (Å²) in [5, 5.41) is 26.5. The van der Waals surface area contributed by atoms with E-state index in [2.05, 4.69) is 15.5 Å². The number of carbonyl (C=O) groups is 1. The number of nitro benzene ring substituents is 1. The van der Waals surface area contributed by atoms with E-state index >= 15 is 0 Å².